The normalized spacial score (nSPS) is 23.8. The van der Waals surface area contributed by atoms with Crippen molar-refractivity contribution in [3.8, 4) is 0 Å². The number of rotatable bonds is 7. The first kappa shape index (κ1) is 20.9. The Morgan fingerprint density at radius 2 is 1.59 bits per heavy atom. The van der Waals surface area contributed by atoms with Crippen LogP contribution in [0.25, 0.3) is 0 Å². The van der Waals surface area contributed by atoms with Gasteiger partial charge in [0.15, 0.2) is 16.6 Å². The first-order valence-electron chi connectivity index (χ1n) is 8.73. The molecule has 0 aromatic carbocycles. The van der Waals surface area contributed by atoms with Crippen LogP contribution in [-0.2, 0) is 8.85 Å². The molecule has 0 aromatic heterocycles. The minimum Gasteiger partial charge on any atom is -0.410 e. The van der Waals surface area contributed by atoms with Crippen LogP contribution in [0.5, 0.6) is 0 Å². The van der Waals surface area contributed by atoms with Gasteiger partial charge in [-0.05, 0) is 64.9 Å². The monoisotopic (exact) mass is 454 g/mol. The fraction of sp³-hybridized carbons (Fsp3) is 0.882. The van der Waals surface area contributed by atoms with Gasteiger partial charge in [-0.1, -0.05) is 41.5 Å². The second kappa shape index (κ2) is 7.80. The zero-order chi connectivity index (χ0) is 17.2. The Morgan fingerprint density at radius 3 is 2.00 bits per heavy atom. The molecule has 1 aliphatic carbocycles. The largest absolute Gasteiger partial charge is 0.410 e. The summed E-state index contributed by atoms with van der Waals surface area (Å²) in [5.74, 6) is 0. The second-order valence-electron chi connectivity index (χ2n) is 8.05. The van der Waals surface area contributed by atoms with Crippen LogP contribution in [0.4, 0.5) is 0 Å². The molecule has 0 aliphatic heterocycles. The Kier molecular flexibility index (Phi) is 7.40. The number of halogens is 1. The van der Waals surface area contributed by atoms with Gasteiger partial charge in [0.2, 0.25) is 0 Å². The highest BCUT2D eigenvalue weighted by atomic mass is 127. The molecule has 0 saturated heterocycles. The van der Waals surface area contributed by atoms with Crippen molar-refractivity contribution in [3.05, 3.63) is 9.66 Å². The van der Waals surface area contributed by atoms with Crippen LogP contribution in [0.15, 0.2) is 9.66 Å². The molecular formula is C17H35IO2Si2. The first-order valence-corrected chi connectivity index (χ1v) is 15.2. The van der Waals surface area contributed by atoms with E-state index >= 15 is 0 Å². The summed E-state index contributed by atoms with van der Waals surface area (Å²) in [7, 11) is -3.24. The lowest BCUT2D eigenvalue weighted by Crippen LogP contribution is -2.44. The van der Waals surface area contributed by atoms with Crippen molar-refractivity contribution < 1.29 is 8.85 Å². The molecule has 2 atom stereocenters. The zero-order valence-corrected chi connectivity index (χ0v) is 19.9. The smallest absolute Gasteiger partial charge is 0.192 e. The van der Waals surface area contributed by atoms with Gasteiger partial charge in [0.05, 0.1) is 12.2 Å². The average Bonchev–Trinajstić information content (AvgIpc) is 2.74. The van der Waals surface area contributed by atoms with Crippen LogP contribution in [0.1, 0.15) is 48.0 Å². The molecule has 130 valence electrons. The van der Waals surface area contributed by atoms with E-state index in [0.29, 0.717) is 0 Å². The van der Waals surface area contributed by atoms with Crippen molar-refractivity contribution in [2.75, 3.05) is 0 Å². The second-order valence-corrected chi connectivity index (χ2v) is 18.8. The molecule has 0 N–H and O–H groups in total. The molecule has 22 heavy (non-hydrogen) atoms. The average molecular weight is 455 g/mol. The van der Waals surface area contributed by atoms with E-state index in [1.165, 1.54) is 21.7 Å². The molecule has 0 radical (unpaired) electrons. The summed E-state index contributed by atoms with van der Waals surface area (Å²) < 4.78 is 14.6. The van der Waals surface area contributed by atoms with Crippen LogP contribution in [0.3, 0.4) is 0 Å². The molecule has 0 unspecified atom stereocenters. The molecular weight excluding hydrogens is 419 g/mol. The highest BCUT2D eigenvalue weighted by Crippen LogP contribution is 2.41. The predicted octanol–water partition coefficient (Wildman–Crippen LogP) is 6.49. The Balaban J connectivity index is 2.74. The lowest BCUT2D eigenvalue weighted by atomic mass is 10.2. The van der Waals surface area contributed by atoms with E-state index < -0.39 is 16.6 Å². The van der Waals surface area contributed by atoms with Crippen LogP contribution in [-0.4, -0.2) is 28.8 Å². The van der Waals surface area contributed by atoms with E-state index in [1.807, 2.05) is 0 Å². The van der Waals surface area contributed by atoms with Crippen molar-refractivity contribution >= 4 is 39.2 Å². The van der Waals surface area contributed by atoms with Crippen LogP contribution in [0.2, 0.25) is 36.3 Å². The first-order chi connectivity index (χ1) is 10.00. The van der Waals surface area contributed by atoms with E-state index in [9.17, 15) is 0 Å². The maximum atomic E-state index is 6.64. The topological polar surface area (TPSA) is 18.5 Å². The van der Waals surface area contributed by atoms with E-state index in [0.717, 1.165) is 6.42 Å². The zero-order valence-electron chi connectivity index (χ0n) is 15.8. The SMILES string of the molecule is CC[Si](CC)(CC)O[C@H]1C=C(I)[C@@H](O[Si](C)(C)C(C)(C)C)C1. The van der Waals surface area contributed by atoms with Crippen LogP contribution < -0.4 is 0 Å². The van der Waals surface area contributed by atoms with Gasteiger partial charge in [-0.25, -0.2) is 0 Å². The maximum absolute atomic E-state index is 6.64. The van der Waals surface area contributed by atoms with Gasteiger partial charge in [0, 0.05) is 10.0 Å². The summed E-state index contributed by atoms with van der Waals surface area (Å²) in [5.41, 5.74) is 0. The van der Waals surface area contributed by atoms with Crippen molar-refractivity contribution in [2.45, 2.75) is 96.4 Å². The molecule has 0 heterocycles. The van der Waals surface area contributed by atoms with E-state index in [1.54, 1.807) is 0 Å². The molecule has 0 bridgehead atoms. The molecule has 5 heteroatoms. The van der Waals surface area contributed by atoms with Crippen molar-refractivity contribution in [3.63, 3.8) is 0 Å². The lowest BCUT2D eigenvalue weighted by Gasteiger charge is -2.39. The summed E-state index contributed by atoms with van der Waals surface area (Å²) in [6, 6.07) is 3.65. The molecule has 0 fully saturated rings. The molecule has 0 amide bonds. The van der Waals surface area contributed by atoms with Gasteiger partial charge in [0.1, 0.15) is 0 Å². The Labute approximate surface area is 153 Å². The van der Waals surface area contributed by atoms with E-state index in [4.69, 9.17) is 8.85 Å². The van der Waals surface area contributed by atoms with E-state index in [2.05, 4.69) is 83.3 Å². The Morgan fingerprint density at radius 1 is 1.09 bits per heavy atom. The summed E-state index contributed by atoms with van der Waals surface area (Å²) in [6.45, 7) is 18.5. The summed E-state index contributed by atoms with van der Waals surface area (Å²) >= 11 is 2.46. The minimum atomic E-state index is -1.71. The maximum Gasteiger partial charge on any atom is 0.192 e. The third kappa shape index (κ3) is 4.91. The van der Waals surface area contributed by atoms with Gasteiger partial charge in [-0.2, -0.15) is 0 Å². The fourth-order valence-electron chi connectivity index (χ4n) is 2.72. The van der Waals surface area contributed by atoms with Gasteiger partial charge in [0.25, 0.3) is 0 Å². The van der Waals surface area contributed by atoms with Gasteiger partial charge >= 0.3 is 0 Å². The van der Waals surface area contributed by atoms with Crippen LogP contribution in [0, 0.1) is 0 Å². The fourth-order valence-corrected chi connectivity index (χ4v) is 7.83. The third-order valence-electron chi connectivity index (χ3n) is 5.68. The summed E-state index contributed by atoms with van der Waals surface area (Å²) in [6.07, 6.45) is 3.86. The molecule has 0 spiro atoms. The third-order valence-corrected chi connectivity index (χ3v) is 15.9. The number of hydrogen-bond acceptors (Lipinski definition) is 2. The summed E-state index contributed by atoms with van der Waals surface area (Å²) in [4.78, 5) is 0. The summed E-state index contributed by atoms with van der Waals surface area (Å²) in [5, 5.41) is 0.262. The van der Waals surface area contributed by atoms with Crippen LogP contribution >= 0.6 is 22.6 Å². The molecule has 2 nitrogen and oxygen atoms in total. The van der Waals surface area contributed by atoms with Crippen molar-refractivity contribution in [1.82, 2.24) is 0 Å². The molecule has 1 rings (SSSR count). The lowest BCUT2D eigenvalue weighted by molar-refractivity contribution is 0.161. The predicted molar refractivity (Wildman–Crippen MR) is 111 cm³/mol. The highest BCUT2D eigenvalue weighted by molar-refractivity contribution is 14.1. The Hall–Kier alpha value is 0.824. The van der Waals surface area contributed by atoms with Gasteiger partial charge in [-0.3, -0.25) is 0 Å². The minimum absolute atomic E-state index is 0.253. The highest BCUT2D eigenvalue weighted by Gasteiger charge is 2.42. The Bertz CT molecular complexity index is 390. The molecule has 0 saturated carbocycles. The van der Waals surface area contributed by atoms with Crippen molar-refractivity contribution in [2.24, 2.45) is 0 Å². The quantitative estimate of drug-likeness (QED) is 0.323. The molecule has 0 aromatic rings. The van der Waals surface area contributed by atoms with Gasteiger partial charge < -0.3 is 8.85 Å². The van der Waals surface area contributed by atoms with Crippen molar-refractivity contribution in [1.29, 1.82) is 0 Å². The number of hydrogen-bond donors (Lipinski definition) is 0. The molecule has 1 aliphatic rings. The van der Waals surface area contributed by atoms with E-state index in [-0.39, 0.29) is 17.2 Å². The standard InChI is InChI=1S/C17H35IO2Si2/c1-9-22(10-2,11-3)19-14-12-15(18)16(13-14)20-21(7,8)17(4,5)6/h12,14,16H,9-11,13H2,1-8H3/t14-,16-/m0/s1. The van der Waals surface area contributed by atoms with Gasteiger partial charge in [-0.15, -0.1) is 0 Å².